The van der Waals surface area contributed by atoms with Crippen LogP contribution in [0.1, 0.15) is 49.6 Å². The van der Waals surface area contributed by atoms with Crippen LogP contribution in [-0.4, -0.2) is 27.1 Å². The molecular weight excluding hydrogens is 312 g/mol. The largest absolute Gasteiger partial charge is 0.480 e. The SMILES string of the molecule is CC(C)n1cc(Br)cc1C(=O)NC1(C(=O)O)CCC1. The van der Waals surface area contributed by atoms with Gasteiger partial charge in [-0.25, -0.2) is 4.79 Å². The van der Waals surface area contributed by atoms with Gasteiger partial charge in [0.15, 0.2) is 0 Å². The Morgan fingerprint density at radius 2 is 2.11 bits per heavy atom. The Labute approximate surface area is 120 Å². The van der Waals surface area contributed by atoms with Crippen LogP contribution in [0.2, 0.25) is 0 Å². The predicted molar refractivity (Wildman–Crippen MR) is 74.2 cm³/mol. The number of halogens is 1. The van der Waals surface area contributed by atoms with Crippen LogP contribution in [0.4, 0.5) is 0 Å². The van der Waals surface area contributed by atoms with Gasteiger partial charge in [-0.05, 0) is 55.1 Å². The molecule has 0 spiro atoms. The fourth-order valence-corrected chi connectivity index (χ4v) is 2.70. The van der Waals surface area contributed by atoms with Crippen molar-refractivity contribution in [2.45, 2.75) is 44.7 Å². The number of nitrogens with one attached hydrogen (secondary N) is 1. The molecule has 0 radical (unpaired) electrons. The molecule has 5 nitrogen and oxygen atoms in total. The number of carboxylic acid groups (broad SMARTS) is 1. The summed E-state index contributed by atoms with van der Waals surface area (Å²) in [7, 11) is 0. The van der Waals surface area contributed by atoms with Crippen molar-refractivity contribution in [3.8, 4) is 0 Å². The van der Waals surface area contributed by atoms with E-state index < -0.39 is 11.5 Å². The van der Waals surface area contributed by atoms with E-state index in [1.807, 2.05) is 24.6 Å². The molecule has 1 aliphatic rings. The zero-order chi connectivity index (χ0) is 14.2. The molecule has 104 valence electrons. The highest BCUT2D eigenvalue weighted by atomic mass is 79.9. The minimum Gasteiger partial charge on any atom is -0.480 e. The van der Waals surface area contributed by atoms with Crippen LogP contribution in [0.25, 0.3) is 0 Å². The van der Waals surface area contributed by atoms with E-state index in [0.717, 1.165) is 10.9 Å². The molecule has 1 amide bonds. The first kappa shape index (κ1) is 14.1. The van der Waals surface area contributed by atoms with Gasteiger partial charge in [0.2, 0.25) is 0 Å². The Morgan fingerprint density at radius 1 is 1.47 bits per heavy atom. The summed E-state index contributed by atoms with van der Waals surface area (Å²) in [5.74, 6) is -1.28. The van der Waals surface area contributed by atoms with Gasteiger partial charge in [0, 0.05) is 16.7 Å². The van der Waals surface area contributed by atoms with Crippen molar-refractivity contribution in [2.75, 3.05) is 0 Å². The maximum absolute atomic E-state index is 12.3. The summed E-state index contributed by atoms with van der Waals surface area (Å²) in [6, 6.07) is 1.85. The molecule has 0 bridgehead atoms. The van der Waals surface area contributed by atoms with Crippen molar-refractivity contribution in [3.05, 3.63) is 22.4 Å². The van der Waals surface area contributed by atoms with Gasteiger partial charge >= 0.3 is 5.97 Å². The van der Waals surface area contributed by atoms with Crippen molar-refractivity contribution in [1.82, 2.24) is 9.88 Å². The van der Waals surface area contributed by atoms with Crippen molar-refractivity contribution in [3.63, 3.8) is 0 Å². The summed E-state index contributed by atoms with van der Waals surface area (Å²) < 4.78 is 2.64. The summed E-state index contributed by atoms with van der Waals surface area (Å²) in [6.07, 6.45) is 3.66. The van der Waals surface area contributed by atoms with Gasteiger partial charge in [0.1, 0.15) is 11.2 Å². The second kappa shape index (κ2) is 5.00. The number of aliphatic carboxylic acids is 1. The topological polar surface area (TPSA) is 71.3 Å². The van der Waals surface area contributed by atoms with Gasteiger partial charge in [0.25, 0.3) is 5.91 Å². The molecular formula is C13H17BrN2O3. The van der Waals surface area contributed by atoms with E-state index in [-0.39, 0.29) is 11.9 Å². The van der Waals surface area contributed by atoms with Crippen molar-refractivity contribution in [1.29, 1.82) is 0 Å². The van der Waals surface area contributed by atoms with Crippen LogP contribution >= 0.6 is 15.9 Å². The first-order chi connectivity index (χ1) is 8.85. The number of hydrogen-bond acceptors (Lipinski definition) is 2. The number of nitrogens with zero attached hydrogens (tertiary/aromatic N) is 1. The molecule has 0 saturated heterocycles. The average Bonchev–Trinajstić information content (AvgIpc) is 2.65. The Hall–Kier alpha value is -1.30. The maximum Gasteiger partial charge on any atom is 0.329 e. The molecule has 1 saturated carbocycles. The summed E-state index contributed by atoms with van der Waals surface area (Å²) in [5.41, 5.74) is -0.593. The van der Waals surface area contributed by atoms with Crippen molar-refractivity contribution in [2.24, 2.45) is 0 Å². The lowest BCUT2D eigenvalue weighted by Crippen LogP contribution is -2.59. The molecule has 1 aliphatic carbocycles. The average molecular weight is 329 g/mol. The minimum absolute atomic E-state index is 0.134. The summed E-state index contributed by atoms with van der Waals surface area (Å²) in [6.45, 7) is 3.94. The van der Waals surface area contributed by atoms with Gasteiger partial charge in [-0.1, -0.05) is 0 Å². The standard InChI is InChI=1S/C13H17BrN2O3/c1-8(2)16-7-9(14)6-10(16)11(17)15-13(12(18)19)4-3-5-13/h6-8H,3-5H2,1-2H3,(H,15,17)(H,18,19). The van der Waals surface area contributed by atoms with Crippen LogP contribution in [0, 0.1) is 0 Å². The number of carbonyl (C=O) groups excluding carboxylic acids is 1. The van der Waals surface area contributed by atoms with E-state index in [4.69, 9.17) is 0 Å². The molecule has 1 heterocycles. The third-order valence-corrected chi connectivity index (χ3v) is 4.01. The van der Waals surface area contributed by atoms with Crippen LogP contribution in [0.3, 0.4) is 0 Å². The third-order valence-electron chi connectivity index (χ3n) is 3.57. The zero-order valence-electron chi connectivity index (χ0n) is 10.9. The van der Waals surface area contributed by atoms with Crippen LogP contribution in [-0.2, 0) is 4.79 Å². The van der Waals surface area contributed by atoms with Gasteiger partial charge in [-0.15, -0.1) is 0 Å². The number of rotatable bonds is 4. The van der Waals surface area contributed by atoms with Gasteiger partial charge < -0.3 is 15.0 Å². The molecule has 1 fully saturated rings. The first-order valence-electron chi connectivity index (χ1n) is 6.29. The van der Waals surface area contributed by atoms with E-state index in [1.165, 1.54) is 0 Å². The lowest BCUT2D eigenvalue weighted by molar-refractivity contribution is -0.148. The highest BCUT2D eigenvalue weighted by Crippen LogP contribution is 2.32. The molecule has 0 aromatic carbocycles. The molecule has 6 heteroatoms. The molecule has 2 N–H and O–H groups in total. The lowest BCUT2D eigenvalue weighted by atomic mass is 9.76. The van der Waals surface area contributed by atoms with Crippen molar-refractivity contribution >= 4 is 27.8 Å². The number of carbonyl (C=O) groups is 2. The second-order valence-electron chi connectivity index (χ2n) is 5.24. The van der Waals surface area contributed by atoms with Crippen LogP contribution in [0.5, 0.6) is 0 Å². The molecule has 0 unspecified atom stereocenters. The number of carboxylic acids is 1. The van der Waals surface area contributed by atoms with Gasteiger partial charge in [-0.2, -0.15) is 0 Å². The summed E-state index contributed by atoms with van der Waals surface area (Å²) in [5, 5.41) is 11.9. The Kier molecular flexibility index (Phi) is 3.71. The summed E-state index contributed by atoms with van der Waals surface area (Å²) >= 11 is 3.34. The summed E-state index contributed by atoms with van der Waals surface area (Å²) in [4.78, 5) is 23.5. The van der Waals surface area contributed by atoms with Crippen molar-refractivity contribution < 1.29 is 14.7 Å². The molecule has 0 atom stereocenters. The number of aromatic nitrogens is 1. The van der Waals surface area contributed by atoms with E-state index in [0.29, 0.717) is 18.5 Å². The van der Waals surface area contributed by atoms with Crippen LogP contribution in [0.15, 0.2) is 16.7 Å². The third kappa shape index (κ3) is 2.54. The molecule has 1 aromatic rings. The Bertz CT molecular complexity index is 518. The molecule has 1 aromatic heterocycles. The Balaban J connectivity index is 2.23. The molecule has 2 rings (SSSR count). The van der Waals surface area contributed by atoms with E-state index in [2.05, 4.69) is 21.2 Å². The van der Waals surface area contributed by atoms with Crippen LogP contribution < -0.4 is 5.32 Å². The Morgan fingerprint density at radius 3 is 2.53 bits per heavy atom. The first-order valence-corrected chi connectivity index (χ1v) is 7.08. The predicted octanol–water partition coefficient (Wildman–Crippen LogP) is 2.57. The molecule has 19 heavy (non-hydrogen) atoms. The molecule has 0 aliphatic heterocycles. The fourth-order valence-electron chi connectivity index (χ4n) is 2.26. The van der Waals surface area contributed by atoms with E-state index in [1.54, 1.807) is 6.07 Å². The maximum atomic E-state index is 12.3. The number of amides is 1. The monoisotopic (exact) mass is 328 g/mol. The smallest absolute Gasteiger partial charge is 0.329 e. The highest BCUT2D eigenvalue weighted by Gasteiger charge is 2.46. The zero-order valence-corrected chi connectivity index (χ0v) is 12.5. The van der Waals surface area contributed by atoms with Gasteiger partial charge in [0.05, 0.1) is 0 Å². The van der Waals surface area contributed by atoms with Gasteiger partial charge in [-0.3, -0.25) is 4.79 Å². The second-order valence-corrected chi connectivity index (χ2v) is 6.16. The fraction of sp³-hybridized carbons (Fsp3) is 0.538. The highest BCUT2D eigenvalue weighted by molar-refractivity contribution is 9.10. The quantitative estimate of drug-likeness (QED) is 0.892. The number of hydrogen-bond donors (Lipinski definition) is 2. The van der Waals surface area contributed by atoms with E-state index >= 15 is 0 Å². The normalized spacial score (nSPS) is 17.1. The minimum atomic E-state index is -1.07. The lowest BCUT2D eigenvalue weighted by Gasteiger charge is -2.38. The van der Waals surface area contributed by atoms with E-state index in [9.17, 15) is 14.7 Å².